The molecule has 1 aliphatic rings. The van der Waals surface area contributed by atoms with E-state index in [9.17, 15) is 4.79 Å². The summed E-state index contributed by atoms with van der Waals surface area (Å²) >= 11 is 1.62. The Morgan fingerprint density at radius 1 is 1.33 bits per heavy atom. The molecule has 1 N–H and O–H groups in total. The molecular formula is C16H19NO3S. The van der Waals surface area contributed by atoms with Crippen molar-refractivity contribution in [3.8, 4) is 0 Å². The van der Waals surface area contributed by atoms with Crippen molar-refractivity contribution in [3.05, 3.63) is 35.2 Å². The summed E-state index contributed by atoms with van der Waals surface area (Å²) in [7, 11) is 0. The Kier molecular flexibility index (Phi) is 4.53. The minimum absolute atomic E-state index is 0.0556. The molecule has 0 radical (unpaired) electrons. The van der Waals surface area contributed by atoms with Gasteiger partial charge in [0.05, 0.1) is 24.9 Å². The van der Waals surface area contributed by atoms with Gasteiger partial charge >= 0.3 is 0 Å². The van der Waals surface area contributed by atoms with Crippen molar-refractivity contribution in [1.29, 1.82) is 0 Å². The standard InChI is InChI=1S/C16H19NO3S/c18-9-10-20-12-5-7-17(8-6-12)16(19)14-11-21-15-4-2-1-3-13(14)15/h1-4,11-12,18H,5-10H2. The van der Waals surface area contributed by atoms with Gasteiger partial charge in [-0.1, -0.05) is 18.2 Å². The number of likely N-dealkylation sites (tertiary alicyclic amines) is 1. The van der Waals surface area contributed by atoms with Gasteiger partial charge in [0, 0.05) is 28.6 Å². The van der Waals surface area contributed by atoms with Crippen LogP contribution in [-0.2, 0) is 4.74 Å². The summed E-state index contributed by atoms with van der Waals surface area (Å²) < 4.78 is 6.69. The lowest BCUT2D eigenvalue weighted by Gasteiger charge is -2.31. The lowest BCUT2D eigenvalue weighted by molar-refractivity contribution is -0.00549. The third-order valence-electron chi connectivity index (χ3n) is 3.89. The topological polar surface area (TPSA) is 49.8 Å². The molecule has 1 aromatic carbocycles. The molecule has 0 atom stereocenters. The van der Waals surface area contributed by atoms with Crippen LogP contribution in [0.3, 0.4) is 0 Å². The van der Waals surface area contributed by atoms with E-state index in [0.717, 1.165) is 41.6 Å². The molecule has 1 aliphatic heterocycles. The molecule has 0 bridgehead atoms. The van der Waals surface area contributed by atoms with Crippen molar-refractivity contribution in [2.75, 3.05) is 26.3 Å². The first-order valence-corrected chi connectivity index (χ1v) is 8.15. The van der Waals surface area contributed by atoms with Gasteiger partial charge in [-0.15, -0.1) is 11.3 Å². The van der Waals surface area contributed by atoms with Crippen LogP contribution in [0.4, 0.5) is 0 Å². The van der Waals surface area contributed by atoms with E-state index < -0.39 is 0 Å². The number of carbonyl (C=O) groups is 1. The molecule has 2 aromatic rings. The second kappa shape index (κ2) is 6.56. The van der Waals surface area contributed by atoms with Crippen molar-refractivity contribution in [1.82, 2.24) is 4.90 Å². The van der Waals surface area contributed by atoms with Crippen LogP contribution in [0.25, 0.3) is 10.1 Å². The van der Waals surface area contributed by atoms with Crippen molar-refractivity contribution in [3.63, 3.8) is 0 Å². The quantitative estimate of drug-likeness (QED) is 0.944. The van der Waals surface area contributed by atoms with Crippen molar-refractivity contribution >= 4 is 27.3 Å². The van der Waals surface area contributed by atoms with Crippen LogP contribution in [0.5, 0.6) is 0 Å². The van der Waals surface area contributed by atoms with Gasteiger partial charge in [-0.3, -0.25) is 4.79 Å². The predicted molar refractivity (Wildman–Crippen MR) is 83.8 cm³/mol. The highest BCUT2D eigenvalue weighted by Crippen LogP contribution is 2.27. The zero-order valence-corrected chi connectivity index (χ0v) is 12.6. The fourth-order valence-corrected chi connectivity index (χ4v) is 3.69. The number of aliphatic hydroxyl groups is 1. The van der Waals surface area contributed by atoms with E-state index in [2.05, 4.69) is 0 Å². The number of hydrogen-bond acceptors (Lipinski definition) is 4. The molecule has 0 aliphatic carbocycles. The minimum atomic E-state index is 0.0556. The average Bonchev–Trinajstić information content (AvgIpc) is 2.97. The zero-order chi connectivity index (χ0) is 14.7. The molecule has 1 aromatic heterocycles. The number of amides is 1. The zero-order valence-electron chi connectivity index (χ0n) is 11.8. The largest absolute Gasteiger partial charge is 0.394 e. The number of benzene rings is 1. The van der Waals surface area contributed by atoms with Gasteiger partial charge < -0.3 is 14.7 Å². The summed E-state index contributed by atoms with van der Waals surface area (Å²) in [6, 6.07) is 8.03. The molecule has 21 heavy (non-hydrogen) atoms. The molecule has 4 nitrogen and oxygen atoms in total. The van der Waals surface area contributed by atoms with Crippen LogP contribution in [0.15, 0.2) is 29.6 Å². The van der Waals surface area contributed by atoms with E-state index in [1.807, 2.05) is 34.5 Å². The van der Waals surface area contributed by atoms with Gasteiger partial charge in [0.2, 0.25) is 0 Å². The molecule has 0 spiro atoms. The van der Waals surface area contributed by atoms with E-state index in [-0.39, 0.29) is 18.6 Å². The SMILES string of the molecule is O=C(c1csc2ccccc12)N1CCC(OCCO)CC1. The number of nitrogens with zero attached hydrogens (tertiary/aromatic N) is 1. The van der Waals surface area contributed by atoms with Crippen LogP contribution in [0.1, 0.15) is 23.2 Å². The highest BCUT2D eigenvalue weighted by molar-refractivity contribution is 7.17. The number of rotatable bonds is 4. The monoisotopic (exact) mass is 305 g/mol. The third-order valence-corrected chi connectivity index (χ3v) is 4.85. The fraction of sp³-hybridized carbons (Fsp3) is 0.438. The number of carbonyl (C=O) groups excluding carboxylic acids is 1. The fourth-order valence-electron chi connectivity index (χ4n) is 2.76. The van der Waals surface area contributed by atoms with Gasteiger partial charge in [-0.25, -0.2) is 0 Å². The van der Waals surface area contributed by atoms with E-state index in [0.29, 0.717) is 6.61 Å². The lowest BCUT2D eigenvalue weighted by atomic mass is 10.1. The summed E-state index contributed by atoms with van der Waals surface area (Å²) in [4.78, 5) is 14.6. The van der Waals surface area contributed by atoms with Crippen LogP contribution in [-0.4, -0.2) is 48.3 Å². The highest BCUT2D eigenvalue weighted by atomic mass is 32.1. The number of fused-ring (bicyclic) bond motifs is 1. The predicted octanol–water partition coefficient (Wildman–Crippen LogP) is 2.51. The van der Waals surface area contributed by atoms with Crippen LogP contribution < -0.4 is 0 Å². The smallest absolute Gasteiger partial charge is 0.255 e. The average molecular weight is 305 g/mol. The maximum absolute atomic E-state index is 12.6. The van der Waals surface area contributed by atoms with E-state index in [4.69, 9.17) is 9.84 Å². The molecule has 2 heterocycles. The maximum atomic E-state index is 12.6. The van der Waals surface area contributed by atoms with Crippen molar-refractivity contribution in [2.24, 2.45) is 0 Å². The van der Waals surface area contributed by atoms with Gasteiger partial charge in [0.25, 0.3) is 5.91 Å². The number of ether oxygens (including phenoxy) is 1. The molecule has 0 saturated carbocycles. The second-order valence-corrected chi connectivity index (χ2v) is 6.14. The van der Waals surface area contributed by atoms with Crippen LogP contribution in [0, 0.1) is 0 Å². The normalized spacial score (nSPS) is 16.5. The van der Waals surface area contributed by atoms with E-state index in [1.54, 1.807) is 11.3 Å². The molecule has 1 fully saturated rings. The Bertz CT molecular complexity index is 617. The second-order valence-electron chi connectivity index (χ2n) is 5.23. The first kappa shape index (κ1) is 14.5. The highest BCUT2D eigenvalue weighted by Gasteiger charge is 2.25. The van der Waals surface area contributed by atoms with E-state index >= 15 is 0 Å². The number of piperidine rings is 1. The van der Waals surface area contributed by atoms with Gasteiger partial charge in [-0.2, -0.15) is 0 Å². The van der Waals surface area contributed by atoms with Crippen molar-refractivity contribution < 1.29 is 14.6 Å². The Morgan fingerprint density at radius 3 is 2.86 bits per heavy atom. The summed E-state index contributed by atoms with van der Waals surface area (Å²) in [6.07, 6.45) is 1.85. The van der Waals surface area contributed by atoms with Crippen molar-refractivity contribution in [2.45, 2.75) is 18.9 Å². The number of hydrogen-bond donors (Lipinski definition) is 1. The van der Waals surface area contributed by atoms with Crippen LogP contribution in [0.2, 0.25) is 0 Å². The lowest BCUT2D eigenvalue weighted by Crippen LogP contribution is -2.41. The molecule has 1 amide bonds. The Labute approximate surface area is 127 Å². The molecule has 5 heteroatoms. The molecule has 112 valence electrons. The molecule has 3 rings (SSSR count). The summed E-state index contributed by atoms with van der Waals surface area (Å²) in [5, 5.41) is 11.8. The number of thiophene rings is 1. The summed E-state index contributed by atoms with van der Waals surface area (Å²) in [6.45, 7) is 1.88. The Hall–Kier alpha value is -1.43. The molecule has 1 saturated heterocycles. The first-order chi connectivity index (χ1) is 10.3. The molecular weight excluding hydrogens is 286 g/mol. The maximum Gasteiger partial charge on any atom is 0.255 e. The first-order valence-electron chi connectivity index (χ1n) is 7.27. The number of aliphatic hydroxyl groups excluding tert-OH is 1. The minimum Gasteiger partial charge on any atom is -0.394 e. The Morgan fingerprint density at radius 2 is 2.10 bits per heavy atom. The van der Waals surface area contributed by atoms with Gasteiger partial charge in [0.1, 0.15) is 0 Å². The summed E-state index contributed by atoms with van der Waals surface area (Å²) in [5.41, 5.74) is 0.810. The Balaban J connectivity index is 1.67. The van der Waals surface area contributed by atoms with Gasteiger partial charge in [-0.05, 0) is 18.9 Å². The van der Waals surface area contributed by atoms with E-state index in [1.165, 1.54) is 0 Å². The van der Waals surface area contributed by atoms with Gasteiger partial charge in [0.15, 0.2) is 0 Å². The molecule has 0 unspecified atom stereocenters. The third kappa shape index (κ3) is 3.10. The van der Waals surface area contributed by atoms with Crippen LogP contribution >= 0.6 is 11.3 Å². The summed E-state index contributed by atoms with van der Waals surface area (Å²) in [5.74, 6) is 0.119.